The minimum Gasteiger partial charge on any atom is -0.327 e. The molecule has 0 bridgehead atoms. The lowest BCUT2D eigenvalue weighted by Gasteiger charge is -2.50. The summed E-state index contributed by atoms with van der Waals surface area (Å²) in [6, 6.07) is 24.8. The summed E-state index contributed by atoms with van der Waals surface area (Å²) in [5.41, 5.74) is 19.2. The molecular formula is C30H26N8. The third kappa shape index (κ3) is 3.42. The highest BCUT2D eigenvalue weighted by Crippen LogP contribution is 2.44. The Morgan fingerprint density at radius 1 is 0.895 bits per heavy atom. The van der Waals surface area contributed by atoms with Crippen LogP contribution in [0.15, 0.2) is 91.4 Å². The molecule has 0 amide bonds. The molecule has 3 unspecified atom stereocenters. The zero-order chi connectivity index (χ0) is 25.9. The van der Waals surface area contributed by atoms with Gasteiger partial charge in [0.25, 0.3) is 0 Å². The van der Waals surface area contributed by atoms with E-state index in [1.54, 1.807) is 18.5 Å². The predicted molar refractivity (Wildman–Crippen MR) is 148 cm³/mol. The molecule has 2 aromatic carbocycles. The average molecular weight is 499 g/mol. The van der Waals surface area contributed by atoms with Crippen molar-refractivity contribution in [3.05, 3.63) is 97.0 Å². The van der Waals surface area contributed by atoms with Crippen molar-refractivity contribution < 1.29 is 0 Å². The second kappa shape index (κ2) is 8.51. The van der Waals surface area contributed by atoms with E-state index in [4.69, 9.17) is 16.5 Å². The lowest BCUT2D eigenvalue weighted by molar-refractivity contribution is 0.108. The molecule has 0 saturated heterocycles. The number of benzene rings is 2. The third-order valence-corrected chi connectivity index (χ3v) is 7.94. The largest absolute Gasteiger partial charge is 0.327 e. The summed E-state index contributed by atoms with van der Waals surface area (Å²) < 4.78 is 1.91. The highest BCUT2D eigenvalue weighted by Gasteiger charge is 2.47. The van der Waals surface area contributed by atoms with Gasteiger partial charge in [0.05, 0.1) is 11.2 Å². The number of pyridine rings is 2. The number of rotatable bonds is 4. The van der Waals surface area contributed by atoms with E-state index in [0.29, 0.717) is 17.3 Å². The maximum Gasteiger partial charge on any atom is 0.206 e. The van der Waals surface area contributed by atoms with Crippen molar-refractivity contribution in [3.63, 3.8) is 0 Å². The molecule has 186 valence electrons. The van der Waals surface area contributed by atoms with Crippen molar-refractivity contribution in [1.82, 2.24) is 29.5 Å². The normalized spacial score (nSPS) is 21.0. The molecule has 38 heavy (non-hydrogen) atoms. The van der Waals surface area contributed by atoms with Crippen LogP contribution in [-0.2, 0) is 5.54 Å². The highest BCUT2D eigenvalue weighted by molar-refractivity contribution is 5.98. The van der Waals surface area contributed by atoms with Crippen LogP contribution in [0.4, 0.5) is 0 Å². The van der Waals surface area contributed by atoms with Gasteiger partial charge in [-0.05, 0) is 41.7 Å². The number of nitrogens with zero attached hydrogens (tertiary/aromatic N) is 6. The van der Waals surface area contributed by atoms with Crippen LogP contribution in [0.5, 0.6) is 0 Å². The summed E-state index contributed by atoms with van der Waals surface area (Å²) in [5, 5.41) is 9.80. The van der Waals surface area contributed by atoms with Gasteiger partial charge in [0, 0.05) is 46.7 Å². The first kappa shape index (κ1) is 22.7. The summed E-state index contributed by atoms with van der Waals surface area (Å²) in [7, 11) is 0. The Bertz CT molecular complexity index is 1780. The molecule has 4 aromatic heterocycles. The van der Waals surface area contributed by atoms with Crippen molar-refractivity contribution in [1.29, 1.82) is 0 Å². The Balaban J connectivity index is 1.40. The summed E-state index contributed by atoms with van der Waals surface area (Å²) in [6.07, 6.45) is 6.11. The topological polar surface area (TPSA) is 121 Å². The number of hydrogen-bond donors (Lipinski definition) is 2. The van der Waals surface area contributed by atoms with E-state index in [2.05, 4.69) is 69.6 Å². The molecule has 1 aliphatic carbocycles. The monoisotopic (exact) mass is 498 g/mol. The molecule has 4 N–H and O–H groups in total. The predicted octanol–water partition coefficient (Wildman–Crippen LogP) is 4.59. The lowest BCUT2D eigenvalue weighted by Crippen LogP contribution is -2.62. The fourth-order valence-electron chi connectivity index (χ4n) is 5.51. The first-order valence-corrected chi connectivity index (χ1v) is 12.7. The van der Waals surface area contributed by atoms with Crippen LogP contribution < -0.4 is 11.5 Å². The minimum absolute atomic E-state index is 0.148. The van der Waals surface area contributed by atoms with Crippen LogP contribution in [0.25, 0.3) is 50.6 Å². The molecule has 0 spiro atoms. The van der Waals surface area contributed by atoms with Crippen LogP contribution in [0.3, 0.4) is 0 Å². The van der Waals surface area contributed by atoms with E-state index in [1.807, 2.05) is 34.9 Å². The second-order valence-corrected chi connectivity index (χ2v) is 10.1. The standard InChI is InChI=1S/C30H26N8/c1-18-24(31)17-30(18,32)21-10-8-20(9-11-21)26-22(19-6-3-2-4-7-19)16-23-25(35-26)12-15-38-28(23)36-37-29(38)27-33-13-5-14-34-27/h2-16,18,24H,17,31-32H2,1H3. The van der Waals surface area contributed by atoms with Gasteiger partial charge < -0.3 is 11.5 Å². The van der Waals surface area contributed by atoms with E-state index in [9.17, 15) is 0 Å². The number of hydrogen-bond acceptors (Lipinski definition) is 7. The molecule has 4 heterocycles. The fraction of sp³-hybridized carbons (Fsp3) is 0.167. The van der Waals surface area contributed by atoms with E-state index in [-0.39, 0.29) is 17.5 Å². The van der Waals surface area contributed by atoms with Gasteiger partial charge in [0.15, 0.2) is 11.5 Å². The summed E-state index contributed by atoms with van der Waals surface area (Å²) in [6.45, 7) is 2.13. The number of aromatic nitrogens is 6. The van der Waals surface area contributed by atoms with Gasteiger partial charge in [0.2, 0.25) is 5.82 Å². The van der Waals surface area contributed by atoms with Gasteiger partial charge in [-0.15, -0.1) is 10.2 Å². The molecule has 0 radical (unpaired) electrons. The maximum atomic E-state index is 6.72. The van der Waals surface area contributed by atoms with E-state index >= 15 is 0 Å². The molecule has 7 rings (SSSR count). The average Bonchev–Trinajstić information content (AvgIpc) is 3.42. The molecule has 6 aromatic rings. The smallest absolute Gasteiger partial charge is 0.206 e. The molecule has 1 saturated carbocycles. The lowest BCUT2D eigenvalue weighted by atomic mass is 9.61. The fourth-order valence-corrected chi connectivity index (χ4v) is 5.51. The van der Waals surface area contributed by atoms with E-state index in [1.165, 1.54) is 0 Å². The van der Waals surface area contributed by atoms with Crippen LogP contribution in [0.2, 0.25) is 0 Å². The Hall–Kier alpha value is -4.53. The van der Waals surface area contributed by atoms with Crippen LogP contribution in [0, 0.1) is 5.92 Å². The van der Waals surface area contributed by atoms with Crippen molar-refractivity contribution in [2.75, 3.05) is 0 Å². The number of fused-ring (bicyclic) bond motifs is 3. The second-order valence-electron chi connectivity index (χ2n) is 10.1. The Labute approximate surface area is 219 Å². The Kier molecular flexibility index (Phi) is 5.07. The van der Waals surface area contributed by atoms with Crippen molar-refractivity contribution in [2.24, 2.45) is 17.4 Å². The van der Waals surface area contributed by atoms with Crippen LogP contribution >= 0.6 is 0 Å². The van der Waals surface area contributed by atoms with Crippen molar-refractivity contribution in [2.45, 2.75) is 24.9 Å². The van der Waals surface area contributed by atoms with Gasteiger partial charge >= 0.3 is 0 Å². The summed E-state index contributed by atoms with van der Waals surface area (Å²) in [4.78, 5) is 13.8. The van der Waals surface area contributed by atoms with Crippen molar-refractivity contribution in [3.8, 4) is 34.0 Å². The molecule has 8 nitrogen and oxygen atoms in total. The van der Waals surface area contributed by atoms with E-state index < -0.39 is 0 Å². The zero-order valence-electron chi connectivity index (χ0n) is 20.9. The van der Waals surface area contributed by atoms with Crippen LogP contribution in [0.1, 0.15) is 18.9 Å². The van der Waals surface area contributed by atoms with Crippen LogP contribution in [-0.4, -0.2) is 35.6 Å². The SMILES string of the molecule is CC1C(N)CC1(N)c1ccc(-c2nc3ccn4c(-c5ncccn5)nnc4c3cc2-c2ccccc2)cc1. The maximum absolute atomic E-state index is 6.72. The van der Waals surface area contributed by atoms with Gasteiger partial charge in [-0.1, -0.05) is 61.5 Å². The zero-order valence-corrected chi connectivity index (χ0v) is 20.9. The quantitative estimate of drug-likeness (QED) is 0.365. The molecule has 3 atom stereocenters. The Morgan fingerprint density at radius 3 is 2.37 bits per heavy atom. The minimum atomic E-state index is -0.378. The van der Waals surface area contributed by atoms with Gasteiger partial charge in [-0.2, -0.15) is 0 Å². The molecule has 0 aliphatic heterocycles. The van der Waals surface area contributed by atoms with Gasteiger partial charge in [0.1, 0.15) is 0 Å². The first-order valence-electron chi connectivity index (χ1n) is 12.7. The summed E-state index contributed by atoms with van der Waals surface area (Å²) >= 11 is 0. The van der Waals surface area contributed by atoms with E-state index in [0.717, 1.165) is 45.3 Å². The Morgan fingerprint density at radius 2 is 1.66 bits per heavy atom. The summed E-state index contributed by atoms with van der Waals surface area (Å²) in [5.74, 6) is 1.35. The van der Waals surface area contributed by atoms with Gasteiger partial charge in [-0.25, -0.2) is 15.0 Å². The molecular weight excluding hydrogens is 472 g/mol. The number of nitrogens with two attached hydrogens (primary N) is 2. The third-order valence-electron chi connectivity index (χ3n) is 7.94. The van der Waals surface area contributed by atoms with Gasteiger partial charge in [-0.3, -0.25) is 4.40 Å². The first-order chi connectivity index (χ1) is 18.5. The molecule has 1 fully saturated rings. The molecule has 1 aliphatic rings. The molecule has 8 heteroatoms. The highest BCUT2D eigenvalue weighted by atomic mass is 15.3. The van der Waals surface area contributed by atoms with Crippen molar-refractivity contribution >= 4 is 16.6 Å².